The van der Waals surface area contributed by atoms with Crippen LogP contribution in [0.25, 0.3) is 0 Å². The number of nitrogens with two attached hydrogens (primary N) is 12. The van der Waals surface area contributed by atoms with Crippen LogP contribution < -0.4 is 74.1 Å². The van der Waals surface area contributed by atoms with Gasteiger partial charge < -0.3 is 108 Å². The molecule has 2 unspecified atom stereocenters. The van der Waals surface area contributed by atoms with E-state index in [0.717, 1.165) is 154 Å². The molecular weight excluding hydrogens is 1440 g/mol. The molecule has 0 amide bonds. The van der Waals surface area contributed by atoms with Crippen molar-refractivity contribution in [2.45, 2.75) is 215 Å². The summed E-state index contributed by atoms with van der Waals surface area (Å²) in [5.41, 5.74) is 67.9. The Kier molecular flexibility index (Phi) is 105. The summed E-state index contributed by atoms with van der Waals surface area (Å²) in [6, 6.07) is 16.5. The number of rotatable bonds is 45. The number of likely N-dealkylation sites (tertiary alicyclic amines) is 1. The zero-order valence-electron chi connectivity index (χ0n) is 72.3. The molecule has 1 aromatic heterocycles. The van der Waals surface area contributed by atoms with Gasteiger partial charge in [0.2, 0.25) is 0 Å². The first-order valence-corrected chi connectivity index (χ1v) is 46.3. The largest absolute Gasteiger partial charge is 0.399 e. The van der Waals surface area contributed by atoms with Crippen LogP contribution in [-0.4, -0.2) is 233 Å². The van der Waals surface area contributed by atoms with Crippen molar-refractivity contribution in [2.24, 2.45) is 85.3 Å². The van der Waals surface area contributed by atoms with Gasteiger partial charge in [0.05, 0.1) is 45.9 Å². The highest BCUT2D eigenvalue weighted by molar-refractivity contribution is 8.77. The minimum absolute atomic E-state index is 0.361. The maximum absolute atomic E-state index is 5.63. The molecule has 3 aliphatic heterocycles. The molecule has 6 rings (SSSR count). The summed E-state index contributed by atoms with van der Waals surface area (Å²) in [5.74, 6) is 3.90. The Labute approximate surface area is 687 Å². The summed E-state index contributed by atoms with van der Waals surface area (Å²) in [4.78, 5) is 17.8. The standard InChI is InChI=1S/C13H13NS2.C9H21NO3.C8H19N3.C7H16N2.C7H17N.C6H11N3.C6H10N2.C6H16N2.2C6H15N.C5H13NS2.C4H11N/c1-10-2-6-12(7-3-10)15-16-13-8-4-11(14)5-9-13;1-2-4-11-6-8-13-9-7-12-5-3-10;1-10-5-7-11(8-6-10)4-2-3-9;8-4-3-7-9-5-1-2-6-9;1-3-4-5-7(2)6-8;7-2-1-4-9-5-3-8-6-9;7-3-1-6-2-4-8-5-6;1-2-5-8-6-3-4-7;1-4-6(2,3)5-7;1-3-6(2)4-5-7;1-2-4-7-8-5-3-6;1-2-3-4-5/h2-9H,14H2,1H3;2-10H2,1H3;2-9H2,1H3;1-8H2;7H,3-6,8H2,1-2H3;3,5-6H,1-2,4,7H2;2,5H,1,3-4,7H2;8H,2-7H2,1H3;4-5,7H2,1-3H3;6H,3-5,7H2,1-2H3;2-6H2,1H3;2-5H2,1H3. The Hall–Kier alpha value is -2.46. The van der Waals surface area contributed by atoms with Gasteiger partial charge in [0.15, 0.2) is 0 Å². The van der Waals surface area contributed by atoms with E-state index < -0.39 is 0 Å². The number of aromatic nitrogens is 2. The Morgan fingerprint density at radius 2 is 1.06 bits per heavy atom. The van der Waals surface area contributed by atoms with Crippen LogP contribution >= 0.6 is 43.2 Å². The summed E-state index contributed by atoms with van der Waals surface area (Å²) in [6.45, 7) is 52.6. The van der Waals surface area contributed by atoms with Gasteiger partial charge in [0.25, 0.3) is 0 Å². The number of nitrogens with zero attached hydrogens (tertiary/aromatic N) is 6. The molecule has 2 aromatic carbocycles. The number of hydrogen-bond donors (Lipinski definition) is 13. The van der Waals surface area contributed by atoms with Crippen LogP contribution in [0.4, 0.5) is 5.69 Å². The molecule has 0 saturated carbocycles. The van der Waals surface area contributed by atoms with Gasteiger partial charge in [-0.15, -0.1) is 0 Å². The van der Waals surface area contributed by atoms with E-state index in [1.54, 1.807) is 34.1 Å². The number of nitrogens with one attached hydrogen (secondary N) is 1. The third kappa shape index (κ3) is 97.8. The van der Waals surface area contributed by atoms with Crippen LogP contribution in [0, 0.1) is 24.2 Å². The molecule has 646 valence electrons. The number of hydrogen-bond acceptors (Lipinski definition) is 25. The van der Waals surface area contributed by atoms with Gasteiger partial charge in [-0.05, 0) is 261 Å². The van der Waals surface area contributed by atoms with Gasteiger partial charge in [-0.1, -0.05) is 169 Å². The second kappa shape index (κ2) is 97.9. The smallest absolute Gasteiger partial charge is 0.0945 e. The quantitative estimate of drug-likeness (QED) is 0.0142. The third-order valence-electron chi connectivity index (χ3n) is 16.4. The fraction of sp³-hybridized carbons (Fsp3) is 0.783. The van der Waals surface area contributed by atoms with Crippen molar-refractivity contribution in [3.63, 3.8) is 0 Å². The van der Waals surface area contributed by atoms with E-state index in [1.165, 1.54) is 163 Å². The van der Waals surface area contributed by atoms with Crippen molar-refractivity contribution in [2.75, 3.05) is 208 Å². The molecule has 2 atom stereocenters. The second-order valence-corrected chi connectivity index (χ2v) is 32.6. The lowest BCUT2D eigenvalue weighted by Crippen LogP contribution is -2.44. The number of unbranched alkanes of at least 4 members (excludes halogenated alkanes) is 2. The minimum atomic E-state index is 0.361. The Balaban J connectivity index is -0.000000269. The molecule has 2 fully saturated rings. The summed E-state index contributed by atoms with van der Waals surface area (Å²) >= 11 is 0. The number of likely N-dealkylation sites (N-methyl/N-ethyl adjacent to an activating group) is 1. The SMILES string of the molecule is CCC(C)(C)CN.CCC(C)CCN.CCCCC(C)CN.CCCCN.CCCNCCCN.CCCOCCOCCOCCN.CCCSSCCN.CN1CCN(CCCN)CC1.Cc1ccc(SSc2ccc(N)cc2)cc1.NCCC1=CCN=C1.NCCCN1CCCC1.NCCCn1ccnc1. The van der Waals surface area contributed by atoms with Gasteiger partial charge in [0.1, 0.15) is 0 Å². The van der Waals surface area contributed by atoms with Crippen LogP contribution in [0.5, 0.6) is 0 Å². The molecule has 22 nitrogen and oxygen atoms in total. The van der Waals surface area contributed by atoms with Crippen molar-refractivity contribution in [1.82, 2.24) is 29.6 Å². The molecule has 3 aliphatic rings. The van der Waals surface area contributed by atoms with E-state index in [1.807, 2.05) is 62.8 Å². The predicted molar refractivity (Wildman–Crippen MR) is 493 cm³/mol. The highest BCUT2D eigenvalue weighted by Gasteiger charge is 2.13. The maximum atomic E-state index is 5.63. The fourth-order valence-electron chi connectivity index (χ4n) is 8.39. The Morgan fingerprint density at radius 3 is 1.46 bits per heavy atom. The molecule has 26 heteroatoms. The Bertz CT molecular complexity index is 2080. The van der Waals surface area contributed by atoms with E-state index in [-0.39, 0.29) is 0 Å². The van der Waals surface area contributed by atoms with E-state index in [2.05, 4.69) is 150 Å². The predicted octanol–water partition coefficient (Wildman–Crippen LogP) is 12.7. The number of nitrogen functional groups attached to an aromatic ring is 1. The van der Waals surface area contributed by atoms with Crippen LogP contribution in [0.2, 0.25) is 0 Å². The first-order valence-electron chi connectivity index (χ1n) is 41.7. The van der Waals surface area contributed by atoms with E-state index >= 15 is 0 Å². The number of anilines is 1. The molecule has 2 saturated heterocycles. The zero-order valence-corrected chi connectivity index (χ0v) is 75.5. The van der Waals surface area contributed by atoms with Gasteiger partial charge >= 0.3 is 0 Å². The average Bonchev–Trinajstić information content (AvgIpc) is 1.32. The molecule has 4 heterocycles. The molecule has 109 heavy (non-hydrogen) atoms. The summed E-state index contributed by atoms with van der Waals surface area (Å²) in [7, 11) is 9.48. The van der Waals surface area contributed by atoms with Crippen molar-refractivity contribution < 1.29 is 14.2 Å². The van der Waals surface area contributed by atoms with Gasteiger partial charge in [0, 0.05) is 98.0 Å². The molecule has 0 spiro atoms. The van der Waals surface area contributed by atoms with Gasteiger partial charge in [-0.25, -0.2) is 4.98 Å². The third-order valence-corrected chi connectivity index (χ3v) is 21.5. The molecule has 0 radical (unpaired) electrons. The minimum Gasteiger partial charge on any atom is -0.399 e. The van der Waals surface area contributed by atoms with Crippen molar-refractivity contribution >= 4 is 55.1 Å². The van der Waals surface area contributed by atoms with Gasteiger partial charge in [-0.2, -0.15) is 0 Å². The zero-order chi connectivity index (χ0) is 82.8. The van der Waals surface area contributed by atoms with Crippen LogP contribution in [-0.2, 0) is 20.8 Å². The highest BCUT2D eigenvalue weighted by atomic mass is 33.1. The number of aliphatic imine (C=N–C) groups is 1. The van der Waals surface area contributed by atoms with Crippen molar-refractivity contribution in [3.05, 3.63) is 84.5 Å². The van der Waals surface area contributed by atoms with E-state index in [0.29, 0.717) is 45.0 Å². The van der Waals surface area contributed by atoms with Crippen LogP contribution in [0.1, 0.15) is 197 Å². The topological polar surface area (TPSA) is 392 Å². The lowest BCUT2D eigenvalue weighted by atomic mass is 9.91. The fourth-order valence-corrected chi connectivity index (χ4v) is 12.3. The second-order valence-electron chi connectivity index (χ2n) is 27.7. The number of ether oxygens (including phenoxy) is 3. The summed E-state index contributed by atoms with van der Waals surface area (Å²) in [5, 5.41) is 3.26. The lowest BCUT2D eigenvalue weighted by Gasteiger charge is -2.32. The Morgan fingerprint density at radius 1 is 0.523 bits per heavy atom. The molecule has 0 bridgehead atoms. The molecule has 0 aliphatic carbocycles. The van der Waals surface area contributed by atoms with Crippen LogP contribution in [0.15, 0.2) is 93.7 Å². The van der Waals surface area contributed by atoms with Crippen LogP contribution in [0.3, 0.4) is 0 Å². The number of imidazole rings is 1. The normalized spacial score (nSPS) is 13.3. The summed E-state index contributed by atoms with van der Waals surface area (Å²) < 4.78 is 17.6. The number of benzene rings is 2. The molecular formula is C83H177N19O3S4. The molecule has 3 aromatic rings. The number of aryl methyl sites for hydroxylation is 2. The first kappa shape index (κ1) is 117. The van der Waals surface area contributed by atoms with E-state index in [9.17, 15) is 0 Å². The summed E-state index contributed by atoms with van der Waals surface area (Å²) in [6.07, 6.45) is 31.2. The number of piperazine rings is 1. The van der Waals surface area contributed by atoms with Crippen molar-refractivity contribution in [3.8, 4) is 0 Å². The first-order chi connectivity index (χ1) is 52.8. The van der Waals surface area contributed by atoms with Crippen molar-refractivity contribution in [1.29, 1.82) is 0 Å². The monoisotopic (exact) mass is 1620 g/mol. The maximum Gasteiger partial charge on any atom is 0.0945 e. The highest BCUT2D eigenvalue weighted by Crippen LogP contribution is 2.37. The molecule has 25 N–H and O–H groups in total. The average molecular weight is 1620 g/mol. The van der Waals surface area contributed by atoms with E-state index in [4.69, 9.17) is 83.0 Å². The van der Waals surface area contributed by atoms with Gasteiger partial charge in [-0.3, -0.25) is 4.99 Å². The lowest BCUT2D eigenvalue weighted by molar-refractivity contribution is 0.0161.